The fraction of sp³-hybridized carbons (Fsp3) is 0.435. The summed E-state index contributed by atoms with van der Waals surface area (Å²) in [5, 5.41) is 11.5. The van der Waals surface area contributed by atoms with Gasteiger partial charge in [0.05, 0.1) is 17.4 Å². The van der Waals surface area contributed by atoms with Gasteiger partial charge in [-0.25, -0.2) is 0 Å². The van der Waals surface area contributed by atoms with Crippen LogP contribution >= 0.6 is 0 Å². The Hall–Kier alpha value is -2.69. The van der Waals surface area contributed by atoms with Gasteiger partial charge in [-0.15, -0.1) is 0 Å². The molecule has 0 N–H and O–H groups in total. The second kappa shape index (κ2) is 8.13. The van der Waals surface area contributed by atoms with Crippen molar-refractivity contribution in [3.63, 3.8) is 0 Å². The van der Waals surface area contributed by atoms with Crippen molar-refractivity contribution >= 4 is 5.78 Å². The fourth-order valence-electron chi connectivity index (χ4n) is 4.87. The predicted molar refractivity (Wildman–Crippen MR) is 106 cm³/mol. The summed E-state index contributed by atoms with van der Waals surface area (Å²) in [5.41, 5.74) is 1.38. The maximum Gasteiger partial charge on any atom is 0.211 e. The monoisotopic (exact) mass is 379 g/mol. The van der Waals surface area contributed by atoms with Gasteiger partial charge in [0, 0.05) is 4.92 Å². The van der Waals surface area contributed by atoms with E-state index in [2.05, 4.69) is 0 Å². The van der Waals surface area contributed by atoms with Crippen LogP contribution in [0.5, 0.6) is 5.75 Å². The molecule has 1 saturated carbocycles. The number of rotatable bonds is 5. The van der Waals surface area contributed by atoms with Crippen molar-refractivity contribution in [1.29, 1.82) is 0 Å². The van der Waals surface area contributed by atoms with E-state index in [1.807, 2.05) is 48.5 Å². The minimum Gasteiger partial charge on any atom is -0.489 e. The molecule has 1 aliphatic carbocycles. The van der Waals surface area contributed by atoms with E-state index in [9.17, 15) is 14.9 Å². The first-order valence-corrected chi connectivity index (χ1v) is 10.1. The molecule has 5 heteroatoms. The van der Waals surface area contributed by atoms with Gasteiger partial charge in [-0.05, 0) is 36.5 Å². The molecule has 4 rings (SSSR count). The van der Waals surface area contributed by atoms with E-state index >= 15 is 0 Å². The van der Waals surface area contributed by atoms with Gasteiger partial charge in [-0.3, -0.25) is 14.9 Å². The van der Waals surface area contributed by atoms with E-state index in [4.69, 9.17) is 4.74 Å². The lowest BCUT2D eigenvalue weighted by atomic mass is 9.70. The largest absolute Gasteiger partial charge is 0.489 e. The highest BCUT2D eigenvalue weighted by atomic mass is 16.6. The Morgan fingerprint density at radius 1 is 1.00 bits per heavy atom. The molecule has 2 aromatic rings. The summed E-state index contributed by atoms with van der Waals surface area (Å²) in [7, 11) is 0. The molecule has 3 atom stereocenters. The van der Waals surface area contributed by atoms with Crippen molar-refractivity contribution in [1.82, 2.24) is 0 Å². The van der Waals surface area contributed by atoms with E-state index in [1.165, 1.54) is 6.42 Å². The lowest BCUT2D eigenvalue weighted by Gasteiger charge is -2.41. The van der Waals surface area contributed by atoms with Crippen LogP contribution in [0.25, 0.3) is 0 Å². The Labute approximate surface area is 164 Å². The number of ketones is 1. The number of ether oxygens (including phenoxy) is 1. The van der Waals surface area contributed by atoms with Crippen LogP contribution in [0, 0.1) is 22.0 Å². The zero-order valence-corrected chi connectivity index (χ0v) is 15.8. The quantitative estimate of drug-likeness (QED) is 0.548. The Morgan fingerprint density at radius 2 is 1.68 bits per heavy atom. The molecule has 1 fully saturated rings. The van der Waals surface area contributed by atoms with Crippen molar-refractivity contribution in [2.75, 3.05) is 6.54 Å². The van der Waals surface area contributed by atoms with Crippen LogP contribution in [0.4, 0.5) is 0 Å². The second-order valence-electron chi connectivity index (χ2n) is 7.90. The first-order valence-electron chi connectivity index (χ1n) is 10.1. The third kappa shape index (κ3) is 3.66. The molecule has 1 heterocycles. The molecule has 5 nitrogen and oxygen atoms in total. The summed E-state index contributed by atoms with van der Waals surface area (Å²) in [5.74, 6) is -0.177. The molecule has 0 saturated heterocycles. The van der Waals surface area contributed by atoms with E-state index in [1.54, 1.807) is 6.07 Å². The van der Waals surface area contributed by atoms with Gasteiger partial charge in [0.15, 0.2) is 5.78 Å². The van der Waals surface area contributed by atoms with Gasteiger partial charge in [-0.2, -0.15) is 0 Å². The van der Waals surface area contributed by atoms with Gasteiger partial charge in [0.25, 0.3) is 0 Å². The number of nitrogens with zero attached hydrogens (tertiary/aromatic N) is 1. The van der Waals surface area contributed by atoms with Gasteiger partial charge >= 0.3 is 0 Å². The van der Waals surface area contributed by atoms with Crippen LogP contribution < -0.4 is 4.74 Å². The number of carbonyl (C=O) groups excluding carboxylic acids is 1. The Morgan fingerprint density at radius 3 is 2.39 bits per heavy atom. The Balaban J connectivity index is 1.78. The number of hydrogen-bond donors (Lipinski definition) is 0. The van der Waals surface area contributed by atoms with Crippen LogP contribution in [0.1, 0.15) is 53.9 Å². The fourth-order valence-corrected chi connectivity index (χ4v) is 4.87. The third-order valence-corrected chi connectivity index (χ3v) is 6.19. The van der Waals surface area contributed by atoms with Gasteiger partial charge < -0.3 is 4.74 Å². The van der Waals surface area contributed by atoms with Gasteiger partial charge in [-0.1, -0.05) is 61.7 Å². The molecule has 0 spiro atoms. The lowest BCUT2D eigenvalue weighted by Crippen LogP contribution is -2.47. The van der Waals surface area contributed by atoms with Crippen LogP contribution in [0.3, 0.4) is 0 Å². The van der Waals surface area contributed by atoms with Crippen molar-refractivity contribution in [2.45, 2.75) is 44.1 Å². The van der Waals surface area contributed by atoms with Crippen molar-refractivity contribution < 1.29 is 14.5 Å². The molecule has 1 aliphatic heterocycles. The summed E-state index contributed by atoms with van der Waals surface area (Å²) in [4.78, 5) is 24.8. The molecule has 0 radical (unpaired) electrons. The first kappa shape index (κ1) is 18.7. The lowest BCUT2D eigenvalue weighted by molar-refractivity contribution is -0.484. The van der Waals surface area contributed by atoms with Crippen molar-refractivity contribution in [3.05, 3.63) is 75.8 Å². The highest BCUT2D eigenvalue weighted by Gasteiger charge is 2.47. The Kier molecular flexibility index (Phi) is 5.42. The summed E-state index contributed by atoms with van der Waals surface area (Å²) >= 11 is 0. The smallest absolute Gasteiger partial charge is 0.211 e. The van der Waals surface area contributed by atoms with Crippen LogP contribution in [0.2, 0.25) is 0 Å². The molecular formula is C23H25NO4. The maximum atomic E-state index is 13.6. The number of para-hydroxylation sites is 1. The molecule has 0 aromatic heterocycles. The highest BCUT2D eigenvalue weighted by Crippen LogP contribution is 2.44. The van der Waals surface area contributed by atoms with Crippen LogP contribution in [0.15, 0.2) is 54.6 Å². The zero-order chi connectivity index (χ0) is 19.5. The number of benzene rings is 2. The third-order valence-electron chi connectivity index (χ3n) is 6.19. The number of Topliss-reactive ketones (excluding diaryl/α,β-unsaturated/α-hetero) is 1. The predicted octanol–water partition coefficient (Wildman–Crippen LogP) is 4.89. The number of hydrogen-bond acceptors (Lipinski definition) is 4. The zero-order valence-electron chi connectivity index (χ0n) is 15.8. The summed E-state index contributed by atoms with van der Waals surface area (Å²) in [6.07, 6.45) is 5.16. The number of carbonyl (C=O) groups is 1. The number of fused-ring (bicyclic) bond motifs is 1. The minimum atomic E-state index is -0.536. The second-order valence-corrected chi connectivity index (χ2v) is 7.90. The van der Waals surface area contributed by atoms with Crippen molar-refractivity contribution in [3.8, 4) is 5.75 Å². The molecule has 2 aromatic carbocycles. The highest BCUT2D eigenvalue weighted by molar-refractivity contribution is 6.02. The molecule has 28 heavy (non-hydrogen) atoms. The van der Waals surface area contributed by atoms with Crippen LogP contribution in [-0.4, -0.2) is 23.4 Å². The van der Waals surface area contributed by atoms with E-state index < -0.39 is 11.8 Å². The van der Waals surface area contributed by atoms with Gasteiger partial charge in [0.1, 0.15) is 11.9 Å². The molecule has 0 amide bonds. The summed E-state index contributed by atoms with van der Waals surface area (Å²) in [6.45, 7) is -0.269. The van der Waals surface area contributed by atoms with E-state index in [0.717, 1.165) is 31.2 Å². The number of nitro groups is 1. The SMILES string of the molecule is O=C1c2ccccc2OC(C2CCCCC2)C1C(C[N+](=O)[O-])c1ccccc1. The topological polar surface area (TPSA) is 69.4 Å². The van der Waals surface area contributed by atoms with Crippen molar-refractivity contribution in [2.24, 2.45) is 11.8 Å². The Bertz CT molecular complexity index is 845. The van der Waals surface area contributed by atoms with Crippen LogP contribution in [-0.2, 0) is 0 Å². The standard InChI is InChI=1S/C23H25NO4/c25-22-18-13-7-8-14-20(18)28-23(17-11-5-2-6-12-17)21(22)19(15-24(26)27)16-9-3-1-4-10-16/h1,3-4,7-10,13-14,17,19,21,23H,2,5-6,11-12,15H2. The molecule has 2 aliphatic rings. The maximum absolute atomic E-state index is 13.6. The molecule has 0 bridgehead atoms. The summed E-state index contributed by atoms with van der Waals surface area (Å²) in [6, 6.07) is 16.7. The normalized spacial score (nSPS) is 23.5. The average Bonchev–Trinajstić information content (AvgIpc) is 2.73. The van der Waals surface area contributed by atoms with E-state index in [-0.39, 0.29) is 29.3 Å². The summed E-state index contributed by atoms with van der Waals surface area (Å²) < 4.78 is 6.40. The van der Waals surface area contributed by atoms with Gasteiger partial charge in [0.2, 0.25) is 6.54 Å². The van der Waals surface area contributed by atoms with E-state index in [0.29, 0.717) is 11.3 Å². The minimum absolute atomic E-state index is 0.0203. The molecule has 3 unspecified atom stereocenters. The molecular weight excluding hydrogens is 354 g/mol. The first-order chi connectivity index (χ1) is 13.6. The molecule has 146 valence electrons. The average molecular weight is 379 g/mol.